The van der Waals surface area contributed by atoms with Gasteiger partial charge in [-0.05, 0) is 45.1 Å². The van der Waals surface area contributed by atoms with Crippen molar-refractivity contribution in [2.45, 2.75) is 77.8 Å². The summed E-state index contributed by atoms with van der Waals surface area (Å²) in [5.74, 6) is -0.427. The van der Waals surface area contributed by atoms with Gasteiger partial charge in [0.2, 0.25) is 5.91 Å². The minimum absolute atomic E-state index is 0.202. The Morgan fingerprint density at radius 1 is 1.16 bits per heavy atom. The van der Waals surface area contributed by atoms with E-state index in [4.69, 9.17) is 9.47 Å². The molecule has 3 atom stereocenters. The van der Waals surface area contributed by atoms with Crippen LogP contribution in [0.3, 0.4) is 0 Å². The van der Waals surface area contributed by atoms with Gasteiger partial charge in [-0.3, -0.25) is 9.59 Å². The highest BCUT2D eigenvalue weighted by molar-refractivity contribution is 5.86. The van der Waals surface area contributed by atoms with Crippen LogP contribution in [0.25, 0.3) is 0 Å². The third-order valence-electron chi connectivity index (χ3n) is 4.70. The van der Waals surface area contributed by atoms with E-state index in [9.17, 15) is 14.4 Å². The van der Waals surface area contributed by atoms with Crippen LogP contribution in [0.2, 0.25) is 0 Å². The molecule has 0 radical (unpaired) electrons. The molecule has 1 aliphatic rings. The number of carbonyl (C=O) groups excluding carboxylic acids is 3. The number of ether oxygens (including phenoxy) is 2. The van der Waals surface area contributed by atoms with E-state index in [0.29, 0.717) is 19.4 Å². The van der Waals surface area contributed by atoms with Crippen LogP contribution in [0.4, 0.5) is 4.79 Å². The topological polar surface area (TPSA) is 106 Å². The van der Waals surface area contributed by atoms with E-state index < -0.39 is 23.8 Å². The van der Waals surface area contributed by atoms with Gasteiger partial charge in [-0.25, -0.2) is 4.79 Å². The second kappa shape index (κ2) is 11.1. The van der Waals surface area contributed by atoms with E-state index in [-0.39, 0.29) is 30.4 Å². The van der Waals surface area contributed by atoms with Crippen molar-refractivity contribution in [2.75, 3.05) is 6.54 Å². The van der Waals surface area contributed by atoms with Crippen molar-refractivity contribution in [2.24, 2.45) is 5.92 Å². The fourth-order valence-corrected chi connectivity index (χ4v) is 3.31. The maximum absolute atomic E-state index is 12.8. The van der Waals surface area contributed by atoms with Crippen LogP contribution in [0.15, 0.2) is 30.3 Å². The zero-order chi connectivity index (χ0) is 23.0. The van der Waals surface area contributed by atoms with Crippen molar-refractivity contribution in [3.05, 3.63) is 35.9 Å². The second-order valence-electron chi connectivity index (χ2n) is 9.32. The molecule has 8 nitrogen and oxygen atoms in total. The molecule has 172 valence electrons. The molecule has 0 saturated carbocycles. The van der Waals surface area contributed by atoms with E-state index >= 15 is 0 Å². The molecule has 1 heterocycles. The van der Waals surface area contributed by atoms with Crippen molar-refractivity contribution >= 4 is 18.0 Å². The summed E-state index contributed by atoms with van der Waals surface area (Å²) in [7, 11) is 0. The van der Waals surface area contributed by atoms with Gasteiger partial charge >= 0.3 is 12.1 Å². The van der Waals surface area contributed by atoms with Gasteiger partial charge in [0.15, 0.2) is 0 Å². The Labute approximate surface area is 184 Å². The van der Waals surface area contributed by atoms with Gasteiger partial charge in [0, 0.05) is 12.6 Å². The molecule has 1 aromatic carbocycles. The van der Waals surface area contributed by atoms with Crippen LogP contribution >= 0.6 is 0 Å². The molecule has 3 N–H and O–H groups in total. The quantitative estimate of drug-likeness (QED) is 0.544. The van der Waals surface area contributed by atoms with Crippen molar-refractivity contribution in [1.29, 1.82) is 0 Å². The Kier molecular flexibility index (Phi) is 8.86. The first-order valence-corrected chi connectivity index (χ1v) is 10.8. The third-order valence-corrected chi connectivity index (χ3v) is 4.70. The van der Waals surface area contributed by atoms with Crippen LogP contribution in [0.1, 0.15) is 53.0 Å². The summed E-state index contributed by atoms with van der Waals surface area (Å²) in [5, 5.41) is 8.70. The molecule has 1 aromatic rings. The zero-order valence-electron chi connectivity index (χ0n) is 19.1. The van der Waals surface area contributed by atoms with Crippen molar-refractivity contribution < 1.29 is 23.9 Å². The van der Waals surface area contributed by atoms with Gasteiger partial charge in [0.25, 0.3) is 0 Å². The second-order valence-corrected chi connectivity index (χ2v) is 9.32. The lowest BCUT2D eigenvalue weighted by atomic mass is 10.0. The van der Waals surface area contributed by atoms with E-state index in [0.717, 1.165) is 5.56 Å². The monoisotopic (exact) mass is 433 g/mol. The number of rotatable bonds is 8. The fourth-order valence-electron chi connectivity index (χ4n) is 3.31. The van der Waals surface area contributed by atoms with E-state index in [1.165, 1.54) is 0 Å². The zero-order valence-corrected chi connectivity index (χ0v) is 19.1. The summed E-state index contributed by atoms with van der Waals surface area (Å²) in [6.45, 7) is 9.94. The predicted octanol–water partition coefficient (Wildman–Crippen LogP) is 2.52. The number of nitrogens with one attached hydrogen (secondary N) is 3. The number of hydrogen-bond donors (Lipinski definition) is 3. The normalized spacial score (nSPS) is 19.5. The Hall–Kier alpha value is -2.61. The van der Waals surface area contributed by atoms with Gasteiger partial charge < -0.3 is 25.4 Å². The highest BCUT2D eigenvalue weighted by Gasteiger charge is 2.33. The number of benzene rings is 1. The molecule has 1 fully saturated rings. The molecule has 0 aliphatic carbocycles. The molecule has 0 spiro atoms. The maximum atomic E-state index is 12.8. The Bertz CT molecular complexity index is 745. The fraction of sp³-hybridized carbons (Fsp3) is 0.609. The molecule has 1 aliphatic heterocycles. The van der Waals surface area contributed by atoms with Crippen LogP contribution in [-0.2, 0) is 25.7 Å². The van der Waals surface area contributed by atoms with E-state index in [2.05, 4.69) is 16.0 Å². The van der Waals surface area contributed by atoms with Crippen molar-refractivity contribution in [1.82, 2.24) is 16.0 Å². The number of alkyl carbamates (subject to hydrolysis) is 1. The van der Waals surface area contributed by atoms with Gasteiger partial charge in [-0.1, -0.05) is 44.2 Å². The molecule has 8 heteroatoms. The average Bonchev–Trinajstić information content (AvgIpc) is 3.13. The summed E-state index contributed by atoms with van der Waals surface area (Å²) >= 11 is 0. The first kappa shape index (κ1) is 24.7. The molecular weight excluding hydrogens is 398 g/mol. The molecule has 0 aromatic heterocycles. The van der Waals surface area contributed by atoms with Gasteiger partial charge in [-0.2, -0.15) is 0 Å². The molecular formula is C23H35N3O5. The summed E-state index contributed by atoms with van der Waals surface area (Å²) in [6.07, 6.45) is 0.286. The smallest absolute Gasteiger partial charge is 0.408 e. The number of amides is 2. The van der Waals surface area contributed by atoms with Crippen LogP contribution in [0, 0.1) is 5.92 Å². The van der Waals surface area contributed by atoms with Gasteiger partial charge in [0.05, 0.1) is 0 Å². The lowest BCUT2D eigenvalue weighted by molar-refractivity contribution is -0.147. The predicted molar refractivity (Wildman–Crippen MR) is 117 cm³/mol. The largest absolute Gasteiger partial charge is 0.460 e. The average molecular weight is 434 g/mol. The van der Waals surface area contributed by atoms with Crippen molar-refractivity contribution in [3.63, 3.8) is 0 Å². The van der Waals surface area contributed by atoms with Crippen LogP contribution in [0.5, 0.6) is 0 Å². The summed E-state index contributed by atoms with van der Waals surface area (Å²) in [6, 6.07) is 8.06. The first-order chi connectivity index (χ1) is 14.5. The molecule has 2 amide bonds. The Morgan fingerprint density at radius 3 is 2.45 bits per heavy atom. The van der Waals surface area contributed by atoms with Gasteiger partial charge in [-0.15, -0.1) is 0 Å². The third kappa shape index (κ3) is 8.96. The molecule has 2 rings (SSSR count). The Balaban J connectivity index is 1.84. The summed E-state index contributed by atoms with van der Waals surface area (Å²) < 4.78 is 10.7. The molecule has 3 unspecified atom stereocenters. The molecule has 0 bridgehead atoms. The number of hydrogen-bond acceptors (Lipinski definition) is 6. The Morgan fingerprint density at radius 2 is 1.84 bits per heavy atom. The summed E-state index contributed by atoms with van der Waals surface area (Å²) in [5.41, 5.74) is 0.273. The van der Waals surface area contributed by atoms with Gasteiger partial charge in [0.1, 0.15) is 24.3 Å². The number of carbonyl (C=O) groups is 3. The summed E-state index contributed by atoms with van der Waals surface area (Å²) in [4.78, 5) is 37.3. The minimum Gasteiger partial charge on any atom is -0.460 e. The standard InChI is InChI=1S/C23H35N3O5/c1-15(2)11-18(26-22(29)31-23(3,4)5)20(27)25-17-12-19(24-13-17)21(28)30-14-16-9-7-6-8-10-16/h6-10,15,17-19,24H,11-14H2,1-5H3,(H,25,27)(H,26,29). The highest BCUT2D eigenvalue weighted by atomic mass is 16.6. The lowest BCUT2D eigenvalue weighted by Crippen LogP contribution is -2.51. The maximum Gasteiger partial charge on any atom is 0.408 e. The molecule has 31 heavy (non-hydrogen) atoms. The minimum atomic E-state index is -0.709. The number of esters is 1. The lowest BCUT2D eigenvalue weighted by Gasteiger charge is -2.25. The van der Waals surface area contributed by atoms with Crippen LogP contribution < -0.4 is 16.0 Å². The van der Waals surface area contributed by atoms with E-state index in [1.54, 1.807) is 20.8 Å². The van der Waals surface area contributed by atoms with E-state index in [1.807, 2.05) is 44.2 Å². The van der Waals surface area contributed by atoms with Crippen LogP contribution in [-0.4, -0.2) is 48.2 Å². The SMILES string of the molecule is CC(C)CC(NC(=O)OC(C)(C)C)C(=O)NC1CNC(C(=O)OCc2ccccc2)C1. The first-order valence-electron chi connectivity index (χ1n) is 10.8. The highest BCUT2D eigenvalue weighted by Crippen LogP contribution is 2.13. The van der Waals surface area contributed by atoms with Crippen molar-refractivity contribution in [3.8, 4) is 0 Å². The molecule has 1 saturated heterocycles.